The number of ether oxygens (including phenoxy) is 1. The molecule has 0 heterocycles. The summed E-state index contributed by atoms with van der Waals surface area (Å²) in [5, 5.41) is 8.47. The van der Waals surface area contributed by atoms with Gasteiger partial charge in [-0.1, -0.05) is 19.9 Å². The van der Waals surface area contributed by atoms with Gasteiger partial charge in [-0.15, -0.1) is 0 Å². The van der Waals surface area contributed by atoms with E-state index in [4.69, 9.17) is 17.0 Å². The Hall–Kier alpha value is -1.99. The zero-order chi connectivity index (χ0) is 17.2. The molecule has 0 aromatic heterocycles. The van der Waals surface area contributed by atoms with Crippen LogP contribution in [-0.2, 0) is 9.53 Å². The Labute approximate surface area is 142 Å². The molecule has 3 N–H and O–H groups in total. The van der Waals surface area contributed by atoms with Gasteiger partial charge in [0.2, 0.25) is 5.91 Å². The number of nitrogens with one attached hydrogen (secondary N) is 3. The van der Waals surface area contributed by atoms with Crippen molar-refractivity contribution in [3.63, 3.8) is 0 Å². The third-order valence-electron chi connectivity index (χ3n) is 2.82. The van der Waals surface area contributed by atoms with E-state index >= 15 is 0 Å². The van der Waals surface area contributed by atoms with Crippen molar-refractivity contribution >= 4 is 34.8 Å². The Morgan fingerprint density at radius 1 is 1.30 bits per heavy atom. The lowest BCUT2D eigenvalue weighted by Crippen LogP contribution is -2.34. The van der Waals surface area contributed by atoms with Crippen molar-refractivity contribution in [1.29, 1.82) is 0 Å². The number of carbonyl (C=O) groups is 2. The van der Waals surface area contributed by atoms with Gasteiger partial charge in [0, 0.05) is 31.3 Å². The van der Waals surface area contributed by atoms with Crippen LogP contribution in [0.4, 0.5) is 5.69 Å². The third-order valence-corrected chi connectivity index (χ3v) is 3.03. The molecule has 0 aliphatic heterocycles. The first-order valence-corrected chi connectivity index (χ1v) is 7.81. The van der Waals surface area contributed by atoms with E-state index in [1.807, 2.05) is 13.8 Å². The summed E-state index contributed by atoms with van der Waals surface area (Å²) < 4.78 is 4.88. The van der Waals surface area contributed by atoms with Crippen LogP contribution >= 0.6 is 12.2 Å². The van der Waals surface area contributed by atoms with Crippen molar-refractivity contribution in [3.05, 3.63) is 29.8 Å². The minimum atomic E-state index is -0.194. The second-order valence-electron chi connectivity index (χ2n) is 5.43. The summed E-state index contributed by atoms with van der Waals surface area (Å²) in [6, 6.07) is 6.88. The first kappa shape index (κ1) is 19.1. The van der Waals surface area contributed by atoms with Crippen molar-refractivity contribution in [1.82, 2.24) is 10.6 Å². The van der Waals surface area contributed by atoms with Crippen LogP contribution < -0.4 is 16.0 Å². The van der Waals surface area contributed by atoms with Crippen LogP contribution in [0.15, 0.2) is 24.3 Å². The average molecular weight is 337 g/mol. The highest BCUT2D eigenvalue weighted by molar-refractivity contribution is 7.80. The molecule has 23 heavy (non-hydrogen) atoms. The summed E-state index contributed by atoms with van der Waals surface area (Å²) >= 11 is 5.10. The number of hydrogen-bond acceptors (Lipinski definition) is 4. The maximum absolute atomic E-state index is 12.0. The van der Waals surface area contributed by atoms with Gasteiger partial charge in [-0.2, -0.15) is 0 Å². The van der Waals surface area contributed by atoms with E-state index in [-0.39, 0.29) is 22.8 Å². The normalized spacial score (nSPS) is 10.3. The van der Waals surface area contributed by atoms with E-state index in [0.29, 0.717) is 30.8 Å². The summed E-state index contributed by atoms with van der Waals surface area (Å²) in [5.74, 6) is -0.0663. The molecule has 0 bridgehead atoms. The molecule has 1 rings (SSSR count). The number of methoxy groups -OCH3 is 1. The van der Waals surface area contributed by atoms with Gasteiger partial charge in [0.15, 0.2) is 5.11 Å². The van der Waals surface area contributed by atoms with Crippen LogP contribution in [0.5, 0.6) is 0 Å². The van der Waals surface area contributed by atoms with Gasteiger partial charge in [-0.05, 0) is 36.3 Å². The number of amides is 2. The Balaban J connectivity index is 2.57. The Morgan fingerprint density at radius 2 is 2.04 bits per heavy atom. The molecule has 7 heteroatoms. The first-order valence-electron chi connectivity index (χ1n) is 7.40. The fourth-order valence-electron chi connectivity index (χ4n) is 1.82. The van der Waals surface area contributed by atoms with Crippen molar-refractivity contribution in [2.24, 2.45) is 5.92 Å². The average Bonchev–Trinajstić information content (AvgIpc) is 2.46. The number of rotatable bonds is 7. The molecule has 6 nitrogen and oxygen atoms in total. The largest absolute Gasteiger partial charge is 0.383 e. The van der Waals surface area contributed by atoms with Crippen LogP contribution in [-0.4, -0.2) is 37.2 Å². The van der Waals surface area contributed by atoms with Crippen molar-refractivity contribution < 1.29 is 14.3 Å². The number of carbonyl (C=O) groups excluding carboxylic acids is 2. The second-order valence-corrected chi connectivity index (χ2v) is 5.84. The highest BCUT2D eigenvalue weighted by Crippen LogP contribution is 2.10. The molecule has 0 radical (unpaired) electrons. The lowest BCUT2D eigenvalue weighted by molar-refractivity contribution is -0.120. The predicted octanol–water partition coefficient (Wildman–Crippen LogP) is 1.92. The molecule has 0 aliphatic rings. The van der Waals surface area contributed by atoms with Gasteiger partial charge in [0.25, 0.3) is 5.91 Å². The maximum atomic E-state index is 12.0. The molecule has 0 atom stereocenters. The highest BCUT2D eigenvalue weighted by atomic mass is 32.1. The monoisotopic (exact) mass is 337 g/mol. The summed E-state index contributed by atoms with van der Waals surface area (Å²) in [6.07, 6.45) is 0.407. The van der Waals surface area contributed by atoms with Gasteiger partial charge in [-0.3, -0.25) is 9.59 Å². The van der Waals surface area contributed by atoms with Gasteiger partial charge in [0.05, 0.1) is 6.61 Å². The third kappa shape index (κ3) is 7.71. The van der Waals surface area contributed by atoms with E-state index in [9.17, 15) is 9.59 Å². The van der Waals surface area contributed by atoms with Gasteiger partial charge in [-0.25, -0.2) is 0 Å². The van der Waals surface area contributed by atoms with Crippen LogP contribution in [0, 0.1) is 5.92 Å². The zero-order valence-corrected chi connectivity index (χ0v) is 14.5. The first-order chi connectivity index (χ1) is 10.9. The van der Waals surface area contributed by atoms with Gasteiger partial charge < -0.3 is 20.7 Å². The number of thiocarbonyl (C=S) groups is 1. The molecule has 0 saturated heterocycles. The predicted molar refractivity (Wildman–Crippen MR) is 94.5 cm³/mol. The molecule has 2 amide bonds. The molecule has 1 aromatic carbocycles. The SMILES string of the molecule is COCCNC(=O)c1cccc(NC(=S)NC(=O)CC(C)C)c1. The Kier molecular flexibility index (Phi) is 8.21. The lowest BCUT2D eigenvalue weighted by atomic mass is 10.1. The van der Waals surface area contributed by atoms with Gasteiger partial charge in [0.1, 0.15) is 0 Å². The lowest BCUT2D eigenvalue weighted by Gasteiger charge is -2.11. The van der Waals surface area contributed by atoms with Crippen molar-refractivity contribution in [2.75, 3.05) is 25.6 Å². The maximum Gasteiger partial charge on any atom is 0.251 e. The number of benzene rings is 1. The van der Waals surface area contributed by atoms with Gasteiger partial charge >= 0.3 is 0 Å². The molecular weight excluding hydrogens is 314 g/mol. The topological polar surface area (TPSA) is 79.5 Å². The van der Waals surface area contributed by atoms with Crippen LogP contribution in [0.25, 0.3) is 0 Å². The fourth-order valence-corrected chi connectivity index (χ4v) is 2.05. The molecule has 0 aliphatic carbocycles. The van der Waals surface area contributed by atoms with E-state index in [1.165, 1.54) is 0 Å². The summed E-state index contributed by atoms with van der Waals surface area (Å²) in [5.41, 5.74) is 1.14. The van der Waals surface area contributed by atoms with Crippen LogP contribution in [0.3, 0.4) is 0 Å². The van der Waals surface area contributed by atoms with Crippen molar-refractivity contribution in [3.8, 4) is 0 Å². The Morgan fingerprint density at radius 3 is 2.70 bits per heavy atom. The molecule has 0 fully saturated rings. The Bertz CT molecular complexity index is 561. The second kappa shape index (κ2) is 9.91. The molecule has 0 saturated carbocycles. The summed E-state index contributed by atoms with van der Waals surface area (Å²) in [4.78, 5) is 23.6. The van der Waals surface area contributed by atoms with E-state index in [0.717, 1.165) is 0 Å². The van der Waals surface area contributed by atoms with E-state index in [1.54, 1.807) is 31.4 Å². The minimum absolute atomic E-state index is 0.133. The van der Waals surface area contributed by atoms with Crippen molar-refractivity contribution in [2.45, 2.75) is 20.3 Å². The standard InChI is InChI=1S/C16H23N3O3S/c1-11(2)9-14(20)19-16(23)18-13-6-4-5-12(10-13)15(21)17-7-8-22-3/h4-6,10-11H,7-9H2,1-3H3,(H,17,21)(H2,18,19,20,23). The zero-order valence-electron chi connectivity index (χ0n) is 13.6. The smallest absolute Gasteiger partial charge is 0.251 e. The quantitative estimate of drug-likeness (QED) is 0.523. The molecule has 0 spiro atoms. The van der Waals surface area contributed by atoms with Crippen LogP contribution in [0.2, 0.25) is 0 Å². The van der Waals surface area contributed by atoms with E-state index < -0.39 is 0 Å². The molecule has 0 unspecified atom stereocenters. The number of hydrogen-bond donors (Lipinski definition) is 3. The summed E-state index contributed by atoms with van der Waals surface area (Å²) in [7, 11) is 1.57. The van der Waals surface area contributed by atoms with Crippen LogP contribution in [0.1, 0.15) is 30.6 Å². The fraction of sp³-hybridized carbons (Fsp3) is 0.438. The number of anilines is 1. The molecule has 1 aromatic rings. The van der Waals surface area contributed by atoms with E-state index in [2.05, 4.69) is 16.0 Å². The molecule has 126 valence electrons. The molecular formula is C16H23N3O3S. The minimum Gasteiger partial charge on any atom is -0.383 e. The summed E-state index contributed by atoms with van der Waals surface area (Å²) in [6.45, 7) is 4.82. The highest BCUT2D eigenvalue weighted by Gasteiger charge is 2.09.